The highest BCUT2D eigenvalue weighted by atomic mass is 16.8. The molecule has 0 radical (unpaired) electrons. The van der Waals surface area contributed by atoms with Crippen LogP contribution in [-0.2, 0) is 9.47 Å². The van der Waals surface area contributed by atoms with Crippen LogP contribution in [0, 0.1) is 0 Å². The first kappa shape index (κ1) is 7.77. The van der Waals surface area contributed by atoms with Crippen molar-refractivity contribution in [1.82, 2.24) is 0 Å². The maximum atomic E-state index is 5.32. The lowest BCUT2D eigenvalue weighted by Gasteiger charge is -1.94. The Morgan fingerprint density at radius 3 is 2.75 bits per heavy atom. The number of ether oxygens (including phenoxy) is 2. The number of epoxide rings is 1. The van der Waals surface area contributed by atoms with E-state index in [1.165, 1.54) is 5.56 Å². The summed E-state index contributed by atoms with van der Waals surface area (Å²) in [5.74, 6) is 0. The third-order valence-corrected chi connectivity index (χ3v) is 1.91. The maximum Gasteiger partial charge on any atom is 0.189 e. The van der Waals surface area contributed by atoms with Gasteiger partial charge in [0.2, 0.25) is 0 Å². The Morgan fingerprint density at radius 2 is 2.08 bits per heavy atom. The van der Waals surface area contributed by atoms with E-state index in [-0.39, 0.29) is 12.4 Å². The molecule has 1 fully saturated rings. The van der Waals surface area contributed by atoms with E-state index in [0.29, 0.717) is 6.61 Å². The molecule has 2 atom stereocenters. The first-order chi connectivity index (χ1) is 5.92. The van der Waals surface area contributed by atoms with E-state index in [2.05, 4.69) is 12.1 Å². The molecule has 2 unspecified atom stereocenters. The lowest BCUT2D eigenvalue weighted by Crippen LogP contribution is -1.95. The molecule has 1 heterocycles. The Morgan fingerprint density at radius 1 is 1.33 bits per heavy atom. The Labute approximate surface area is 72.1 Å². The summed E-state index contributed by atoms with van der Waals surface area (Å²) in [5, 5.41) is 0. The molecule has 64 valence electrons. The molecule has 0 spiro atoms. The van der Waals surface area contributed by atoms with E-state index < -0.39 is 0 Å². The molecule has 1 aliphatic rings. The standard InChI is InChI=1S/C10H12O2/c1-2-11-10-9(12-10)8-6-4-3-5-7-8/h3-7,9-10H,2H2,1H3. The second-order valence-electron chi connectivity index (χ2n) is 2.79. The minimum atomic E-state index is -0.00241. The minimum Gasteiger partial charge on any atom is -0.350 e. The Kier molecular flexibility index (Phi) is 2.11. The van der Waals surface area contributed by atoms with Crippen LogP contribution in [0.3, 0.4) is 0 Å². The van der Waals surface area contributed by atoms with Crippen LogP contribution in [0.4, 0.5) is 0 Å². The van der Waals surface area contributed by atoms with Crippen molar-refractivity contribution in [1.29, 1.82) is 0 Å². The maximum absolute atomic E-state index is 5.32. The molecule has 0 saturated carbocycles. The highest BCUT2D eigenvalue weighted by molar-refractivity contribution is 5.20. The summed E-state index contributed by atoms with van der Waals surface area (Å²) in [6.07, 6.45) is 0.170. The largest absolute Gasteiger partial charge is 0.350 e. The Hall–Kier alpha value is -0.860. The highest BCUT2D eigenvalue weighted by Gasteiger charge is 2.40. The van der Waals surface area contributed by atoms with Crippen LogP contribution in [-0.4, -0.2) is 12.9 Å². The molecule has 1 aliphatic heterocycles. The summed E-state index contributed by atoms with van der Waals surface area (Å²) in [7, 11) is 0. The van der Waals surface area contributed by atoms with Crippen molar-refractivity contribution < 1.29 is 9.47 Å². The summed E-state index contributed by atoms with van der Waals surface area (Å²) in [6, 6.07) is 10.1. The molecule has 2 rings (SSSR count). The van der Waals surface area contributed by atoms with Crippen molar-refractivity contribution in [3.05, 3.63) is 35.9 Å². The second-order valence-corrected chi connectivity index (χ2v) is 2.79. The van der Waals surface area contributed by atoms with Gasteiger partial charge in [-0.3, -0.25) is 0 Å². The predicted octanol–water partition coefficient (Wildman–Crippen LogP) is 2.12. The third kappa shape index (κ3) is 1.49. The molecular formula is C10H12O2. The summed E-state index contributed by atoms with van der Waals surface area (Å²) >= 11 is 0. The second kappa shape index (κ2) is 3.25. The van der Waals surface area contributed by atoms with Crippen molar-refractivity contribution in [2.24, 2.45) is 0 Å². The van der Waals surface area contributed by atoms with Crippen LogP contribution >= 0.6 is 0 Å². The molecule has 12 heavy (non-hydrogen) atoms. The summed E-state index contributed by atoms with van der Waals surface area (Å²) in [6.45, 7) is 2.69. The average molecular weight is 164 g/mol. The zero-order valence-corrected chi connectivity index (χ0v) is 7.07. The van der Waals surface area contributed by atoms with E-state index in [4.69, 9.17) is 9.47 Å². The normalized spacial score (nSPS) is 27.1. The minimum absolute atomic E-state index is 0.00241. The van der Waals surface area contributed by atoms with Gasteiger partial charge < -0.3 is 9.47 Å². The van der Waals surface area contributed by atoms with E-state index >= 15 is 0 Å². The fraction of sp³-hybridized carbons (Fsp3) is 0.400. The lowest BCUT2D eigenvalue weighted by molar-refractivity contribution is 0.0593. The van der Waals surface area contributed by atoms with Gasteiger partial charge in [-0.1, -0.05) is 30.3 Å². The van der Waals surface area contributed by atoms with Gasteiger partial charge in [-0.05, 0) is 12.5 Å². The Bertz CT molecular complexity index is 245. The molecule has 1 aromatic rings. The van der Waals surface area contributed by atoms with E-state index in [1.807, 2.05) is 25.1 Å². The van der Waals surface area contributed by atoms with E-state index in [1.54, 1.807) is 0 Å². The molecule has 0 N–H and O–H groups in total. The van der Waals surface area contributed by atoms with Crippen LogP contribution < -0.4 is 0 Å². The first-order valence-electron chi connectivity index (χ1n) is 4.24. The number of benzene rings is 1. The first-order valence-corrected chi connectivity index (χ1v) is 4.24. The Balaban J connectivity index is 1.97. The number of hydrogen-bond donors (Lipinski definition) is 0. The average Bonchev–Trinajstić information content (AvgIpc) is 2.87. The third-order valence-electron chi connectivity index (χ3n) is 1.91. The monoisotopic (exact) mass is 164 g/mol. The highest BCUT2D eigenvalue weighted by Crippen LogP contribution is 2.38. The number of rotatable bonds is 3. The van der Waals surface area contributed by atoms with Crippen LogP contribution in [0.2, 0.25) is 0 Å². The molecule has 0 bridgehead atoms. The van der Waals surface area contributed by atoms with Crippen molar-refractivity contribution in [2.45, 2.75) is 19.3 Å². The van der Waals surface area contributed by atoms with Gasteiger partial charge in [0.1, 0.15) is 6.10 Å². The van der Waals surface area contributed by atoms with Crippen molar-refractivity contribution in [3.63, 3.8) is 0 Å². The van der Waals surface area contributed by atoms with Crippen molar-refractivity contribution >= 4 is 0 Å². The van der Waals surface area contributed by atoms with Gasteiger partial charge in [-0.25, -0.2) is 0 Å². The van der Waals surface area contributed by atoms with Crippen molar-refractivity contribution in [2.75, 3.05) is 6.61 Å². The molecule has 0 amide bonds. The van der Waals surface area contributed by atoms with Gasteiger partial charge in [0.25, 0.3) is 0 Å². The molecule has 0 aliphatic carbocycles. The van der Waals surface area contributed by atoms with Gasteiger partial charge in [0.05, 0.1) is 0 Å². The molecule has 1 aromatic carbocycles. The summed E-state index contributed by atoms with van der Waals surface area (Å²) in [4.78, 5) is 0. The van der Waals surface area contributed by atoms with Gasteiger partial charge >= 0.3 is 0 Å². The van der Waals surface area contributed by atoms with Gasteiger partial charge in [-0.15, -0.1) is 0 Å². The van der Waals surface area contributed by atoms with Gasteiger partial charge in [0.15, 0.2) is 6.29 Å². The van der Waals surface area contributed by atoms with Crippen LogP contribution in [0.1, 0.15) is 18.6 Å². The topological polar surface area (TPSA) is 21.8 Å². The molecular weight excluding hydrogens is 152 g/mol. The lowest BCUT2D eigenvalue weighted by atomic mass is 10.2. The van der Waals surface area contributed by atoms with Crippen LogP contribution in [0.25, 0.3) is 0 Å². The van der Waals surface area contributed by atoms with Gasteiger partial charge in [0, 0.05) is 6.61 Å². The van der Waals surface area contributed by atoms with E-state index in [9.17, 15) is 0 Å². The quantitative estimate of drug-likeness (QED) is 0.638. The zero-order chi connectivity index (χ0) is 8.39. The summed E-state index contributed by atoms with van der Waals surface area (Å²) in [5.41, 5.74) is 1.20. The SMILES string of the molecule is CCOC1OC1c1ccccc1. The van der Waals surface area contributed by atoms with Crippen LogP contribution in [0.15, 0.2) is 30.3 Å². The fourth-order valence-corrected chi connectivity index (χ4v) is 1.27. The molecule has 0 aromatic heterocycles. The number of hydrogen-bond acceptors (Lipinski definition) is 2. The molecule has 1 saturated heterocycles. The van der Waals surface area contributed by atoms with Gasteiger partial charge in [-0.2, -0.15) is 0 Å². The zero-order valence-electron chi connectivity index (χ0n) is 7.07. The smallest absolute Gasteiger partial charge is 0.189 e. The van der Waals surface area contributed by atoms with E-state index in [0.717, 1.165) is 0 Å². The fourth-order valence-electron chi connectivity index (χ4n) is 1.27. The molecule has 2 nitrogen and oxygen atoms in total. The summed E-state index contributed by atoms with van der Waals surface area (Å²) < 4.78 is 10.6. The van der Waals surface area contributed by atoms with Crippen molar-refractivity contribution in [3.8, 4) is 0 Å². The predicted molar refractivity (Wildman–Crippen MR) is 45.7 cm³/mol. The molecule has 2 heteroatoms. The van der Waals surface area contributed by atoms with Crippen LogP contribution in [0.5, 0.6) is 0 Å².